The molecule has 2 fully saturated rings. The second-order valence-electron chi connectivity index (χ2n) is 7.42. The zero-order valence-corrected chi connectivity index (χ0v) is 14.9. The molecule has 1 aromatic carbocycles. The highest BCUT2D eigenvalue weighted by molar-refractivity contribution is 5.74. The van der Waals surface area contributed by atoms with Crippen molar-refractivity contribution in [1.82, 2.24) is 15.0 Å². The maximum atomic E-state index is 11.7. The number of rotatable bonds is 6. The number of carbonyl (C=O) groups is 1. The summed E-state index contributed by atoms with van der Waals surface area (Å²) in [7, 11) is 0. The summed E-state index contributed by atoms with van der Waals surface area (Å²) in [6.45, 7) is 0.779. The van der Waals surface area contributed by atoms with Crippen LogP contribution in [0.5, 0.6) is 0 Å². The Morgan fingerprint density at radius 3 is 2.85 bits per heavy atom. The number of likely N-dealkylation sites (tertiary alicyclic amines) is 1. The van der Waals surface area contributed by atoms with Gasteiger partial charge >= 0.3 is 5.97 Å². The van der Waals surface area contributed by atoms with Gasteiger partial charge in [-0.3, -0.25) is 9.69 Å². The van der Waals surface area contributed by atoms with Gasteiger partial charge < -0.3 is 9.63 Å². The Morgan fingerprint density at radius 2 is 2.04 bits per heavy atom. The molecule has 0 radical (unpaired) electrons. The predicted molar refractivity (Wildman–Crippen MR) is 96.5 cm³/mol. The summed E-state index contributed by atoms with van der Waals surface area (Å²) >= 11 is 0. The first-order valence-electron chi connectivity index (χ1n) is 9.59. The minimum absolute atomic E-state index is 0.328. The van der Waals surface area contributed by atoms with Crippen molar-refractivity contribution in [3.05, 3.63) is 36.2 Å². The molecule has 2 aliphatic rings. The molecule has 0 spiro atoms. The van der Waals surface area contributed by atoms with E-state index in [1.165, 1.54) is 19.3 Å². The van der Waals surface area contributed by atoms with Crippen LogP contribution in [0.25, 0.3) is 11.4 Å². The highest BCUT2D eigenvalue weighted by Gasteiger charge is 2.44. The SMILES string of the molecule is O=C(O)C1CC2CCCCC2N1CCCc1nc(-c2ccccc2)no1. The summed E-state index contributed by atoms with van der Waals surface area (Å²) in [5.74, 6) is 1.11. The van der Waals surface area contributed by atoms with Gasteiger partial charge in [-0.15, -0.1) is 0 Å². The normalized spacial score (nSPS) is 25.9. The third kappa shape index (κ3) is 3.51. The Labute approximate surface area is 153 Å². The van der Waals surface area contributed by atoms with Crippen LogP contribution in [0, 0.1) is 5.92 Å². The summed E-state index contributed by atoms with van der Waals surface area (Å²) in [6.07, 6.45) is 7.09. The summed E-state index contributed by atoms with van der Waals surface area (Å²) in [6, 6.07) is 9.88. The van der Waals surface area contributed by atoms with Crippen LogP contribution in [0.2, 0.25) is 0 Å². The van der Waals surface area contributed by atoms with Crippen molar-refractivity contribution in [2.45, 2.75) is 57.0 Å². The van der Waals surface area contributed by atoms with Crippen LogP contribution in [0.1, 0.15) is 44.4 Å². The van der Waals surface area contributed by atoms with Crippen molar-refractivity contribution in [2.24, 2.45) is 5.92 Å². The first-order valence-corrected chi connectivity index (χ1v) is 9.59. The van der Waals surface area contributed by atoms with Gasteiger partial charge in [0.2, 0.25) is 11.7 Å². The molecule has 138 valence electrons. The summed E-state index contributed by atoms with van der Waals surface area (Å²) in [4.78, 5) is 18.4. The molecular weight excluding hydrogens is 330 g/mol. The maximum absolute atomic E-state index is 11.7. The zero-order chi connectivity index (χ0) is 17.9. The molecule has 3 atom stereocenters. The topological polar surface area (TPSA) is 79.5 Å². The number of aliphatic carboxylic acids is 1. The van der Waals surface area contributed by atoms with Gasteiger partial charge in [-0.05, 0) is 38.1 Å². The van der Waals surface area contributed by atoms with E-state index in [4.69, 9.17) is 4.52 Å². The lowest BCUT2D eigenvalue weighted by Crippen LogP contribution is -2.42. The smallest absolute Gasteiger partial charge is 0.320 e. The quantitative estimate of drug-likeness (QED) is 0.856. The fourth-order valence-corrected chi connectivity index (χ4v) is 4.59. The number of hydrogen-bond donors (Lipinski definition) is 1. The minimum atomic E-state index is -0.677. The van der Waals surface area contributed by atoms with E-state index < -0.39 is 5.97 Å². The molecule has 6 nitrogen and oxygen atoms in total. The molecular formula is C20H25N3O3. The fourth-order valence-electron chi connectivity index (χ4n) is 4.59. The third-order valence-electron chi connectivity index (χ3n) is 5.81. The Balaban J connectivity index is 1.36. The van der Waals surface area contributed by atoms with Crippen molar-refractivity contribution in [3.63, 3.8) is 0 Å². The molecule has 1 saturated carbocycles. The van der Waals surface area contributed by atoms with Gasteiger partial charge in [0.05, 0.1) is 0 Å². The second kappa shape index (κ2) is 7.58. The van der Waals surface area contributed by atoms with Crippen LogP contribution in [0.15, 0.2) is 34.9 Å². The van der Waals surface area contributed by atoms with Gasteiger partial charge in [0, 0.05) is 18.0 Å². The number of nitrogens with zero attached hydrogens (tertiary/aromatic N) is 3. The summed E-state index contributed by atoms with van der Waals surface area (Å²) in [5, 5.41) is 13.6. The lowest BCUT2D eigenvalue weighted by Gasteiger charge is -2.32. The lowest BCUT2D eigenvalue weighted by molar-refractivity contribution is -0.142. The van der Waals surface area contributed by atoms with E-state index in [-0.39, 0.29) is 6.04 Å². The number of carboxylic acid groups (broad SMARTS) is 1. The molecule has 1 aliphatic carbocycles. The summed E-state index contributed by atoms with van der Waals surface area (Å²) < 4.78 is 5.37. The van der Waals surface area contributed by atoms with Crippen LogP contribution in [0.4, 0.5) is 0 Å². The van der Waals surface area contributed by atoms with E-state index in [0.717, 1.165) is 31.4 Å². The second-order valence-corrected chi connectivity index (χ2v) is 7.42. The van der Waals surface area contributed by atoms with Crippen LogP contribution < -0.4 is 0 Å². The average molecular weight is 355 g/mol. The van der Waals surface area contributed by atoms with Crippen LogP contribution in [-0.2, 0) is 11.2 Å². The molecule has 26 heavy (non-hydrogen) atoms. The fraction of sp³-hybridized carbons (Fsp3) is 0.550. The van der Waals surface area contributed by atoms with E-state index in [9.17, 15) is 9.90 Å². The first-order chi connectivity index (χ1) is 12.7. The summed E-state index contributed by atoms with van der Waals surface area (Å²) in [5.41, 5.74) is 0.943. The monoisotopic (exact) mass is 355 g/mol. The molecule has 0 amide bonds. The molecule has 1 aromatic heterocycles. The highest BCUT2D eigenvalue weighted by atomic mass is 16.5. The molecule has 1 aliphatic heterocycles. The minimum Gasteiger partial charge on any atom is -0.480 e. The van der Waals surface area contributed by atoms with E-state index in [1.54, 1.807) is 0 Å². The number of carboxylic acids is 1. The molecule has 2 aromatic rings. The maximum Gasteiger partial charge on any atom is 0.320 e. The zero-order valence-electron chi connectivity index (χ0n) is 14.9. The molecule has 1 N–H and O–H groups in total. The van der Waals surface area contributed by atoms with Crippen molar-refractivity contribution in [2.75, 3.05) is 6.54 Å². The van der Waals surface area contributed by atoms with Crippen LogP contribution in [0.3, 0.4) is 0 Å². The van der Waals surface area contributed by atoms with Crippen LogP contribution >= 0.6 is 0 Å². The Hall–Kier alpha value is -2.21. The molecule has 4 rings (SSSR count). The van der Waals surface area contributed by atoms with Gasteiger partial charge in [-0.1, -0.05) is 48.3 Å². The van der Waals surface area contributed by atoms with Crippen molar-refractivity contribution >= 4 is 5.97 Å². The van der Waals surface area contributed by atoms with Gasteiger partial charge in [-0.2, -0.15) is 4.98 Å². The standard InChI is InChI=1S/C20H25N3O3/c24-20(25)17-13-15-9-4-5-10-16(15)23(17)12-6-11-18-21-19(22-26-18)14-7-2-1-3-8-14/h1-3,7-8,15-17H,4-6,9-13H2,(H,24,25). The molecule has 3 unspecified atom stereocenters. The lowest BCUT2D eigenvalue weighted by atomic mass is 9.85. The Bertz CT molecular complexity index is 746. The van der Waals surface area contributed by atoms with Crippen LogP contribution in [-0.4, -0.2) is 44.7 Å². The van der Waals surface area contributed by atoms with E-state index >= 15 is 0 Å². The van der Waals surface area contributed by atoms with E-state index in [0.29, 0.717) is 30.1 Å². The third-order valence-corrected chi connectivity index (χ3v) is 5.81. The Morgan fingerprint density at radius 1 is 1.23 bits per heavy atom. The van der Waals surface area contributed by atoms with Crippen molar-refractivity contribution < 1.29 is 14.4 Å². The number of aryl methyl sites for hydroxylation is 1. The van der Waals surface area contributed by atoms with Gasteiger partial charge in [0.15, 0.2) is 0 Å². The molecule has 6 heteroatoms. The number of fused-ring (bicyclic) bond motifs is 1. The number of aromatic nitrogens is 2. The Kier molecular flexibility index (Phi) is 5.02. The van der Waals surface area contributed by atoms with Gasteiger partial charge in [-0.25, -0.2) is 0 Å². The van der Waals surface area contributed by atoms with Crippen molar-refractivity contribution in [3.8, 4) is 11.4 Å². The highest BCUT2D eigenvalue weighted by Crippen LogP contribution is 2.39. The number of benzene rings is 1. The van der Waals surface area contributed by atoms with Crippen molar-refractivity contribution in [1.29, 1.82) is 0 Å². The predicted octanol–water partition coefficient (Wildman–Crippen LogP) is 3.39. The van der Waals surface area contributed by atoms with Gasteiger partial charge in [0.1, 0.15) is 6.04 Å². The van der Waals surface area contributed by atoms with E-state index in [1.807, 2.05) is 30.3 Å². The van der Waals surface area contributed by atoms with E-state index in [2.05, 4.69) is 15.0 Å². The first kappa shape index (κ1) is 17.2. The van der Waals surface area contributed by atoms with Gasteiger partial charge in [0.25, 0.3) is 0 Å². The largest absolute Gasteiger partial charge is 0.480 e. The molecule has 2 heterocycles. The molecule has 0 bridgehead atoms. The number of hydrogen-bond acceptors (Lipinski definition) is 5. The average Bonchev–Trinajstić information content (AvgIpc) is 3.28. The molecule has 1 saturated heterocycles.